The van der Waals surface area contributed by atoms with Gasteiger partial charge in [0.1, 0.15) is 0 Å². The molecule has 1 atom stereocenters. The molecule has 1 unspecified atom stereocenters. The SMILES string of the molecule is CCOc1cc(/C=C2/SC(=O)N(Cc3ccccc3Cl)C2=O)ccc1OC(C)C(=O)O. The maximum Gasteiger partial charge on any atom is 0.344 e. The summed E-state index contributed by atoms with van der Waals surface area (Å²) < 4.78 is 11.0. The van der Waals surface area contributed by atoms with Crippen LogP contribution in [-0.2, 0) is 16.1 Å². The number of hydrogen-bond donors (Lipinski definition) is 1. The first-order valence-corrected chi connectivity index (χ1v) is 10.6. The Morgan fingerprint density at radius 3 is 2.65 bits per heavy atom. The largest absolute Gasteiger partial charge is 0.490 e. The molecule has 2 aromatic rings. The highest BCUT2D eigenvalue weighted by Gasteiger charge is 2.35. The van der Waals surface area contributed by atoms with Gasteiger partial charge >= 0.3 is 5.97 Å². The first-order valence-electron chi connectivity index (χ1n) is 9.45. The third-order valence-electron chi connectivity index (χ3n) is 4.38. The second-order valence-corrected chi connectivity index (χ2v) is 8.00. The van der Waals surface area contributed by atoms with Gasteiger partial charge in [-0.3, -0.25) is 14.5 Å². The molecule has 1 aliphatic rings. The van der Waals surface area contributed by atoms with E-state index in [9.17, 15) is 14.4 Å². The lowest BCUT2D eigenvalue weighted by Gasteiger charge is -2.15. The molecular weight excluding hydrogens is 442 g/mol. The summed E-state index contributed by atoms with van der Waals surface area (Å²) in [4.78, 5) is 37.7. The van der Waals surface area contributed by atoms with Crippen molar-refractivity contribution >= 4 is 46.6 Å². The van der Waals surface area contributed by atoms with Gasteiger partial charge in [-0.25, -0.2) is 4.79 Å². The normalized spacial score (nSPS) is 16.0. The fraction of sp³-hybridized carbons (Fsp3) is 0.227. The number of nitrogens with zero attached hydrogens (tertiary/aromatic N) is 1. The van der Waals surface area contributed by atoms with Crippen LogP contribution in [0.1, 0.15) is 25.0 Å². The zero-order valence-corrected chi connectivity index (χ0v) is 18.4. The Labute approximate surface area is 188 Å². The number of amides is 2. The molecule has 0 aromatic heterocycles. The Morgan fingerprint density at radius 1 is 1.23 bits per heavy atom. The van der Waals surface area contributed by atoms with Crippen molar-refractivity contribution in [1.29, 1.82) is 0 Å². The second-order valence-electron chi connectivity index (χ2n) is 6.60. The van der Waals surface area contributed by atoms with Gasteiger partial charge in [-0.15, -0.1) is 0 Å². The van der Waals surface area contributed by atoms with Gasteiger partial charge in [0, 0.05) is 5.02 Å². The van der Waals surface area contributed by atoms with Gasteiger partial charge in [-0.2, -0.15) is 0 Å². The Kier molecular flexibility index (Phi) is 7.25. The summed E-state index contributed by atoms with van der Waals surface area (Å²) >= 11 is 6.99. The van der Waals surface area contributed by atoms with E-state index in [1.807, 2.05) is 0 Å². The second kappa shape index (κ2) is 9.89. The molecule has 1 fully saturated rings. The monoisotopic (exact) mass is 461 g/mol. The van der Waals surface area contributed by atoms with E-state index in [1.54, 1.807) is 55.5 Å². The van der Waals surface area contributed by atoms with Crippen LogP contribution in [0.2, 0.25) is 5.02 Å². The molecule has 31 heavy (non-hydrogen) atoms. The summed E-state index contributed by atoms with van der Waals surface area (Å²) in [7, 11) is 0. The Balaban J connectivity index is 1.83. The van der Waals surface area contributed by atoms with Crippen LogP contribution in [0, 0.1) is 0 Å². The molecule has 1 saturated heterocycles. The quantitative estimate of drug-likeness (QED) is 0.563. The Hall–Kier alpha value is -2.97. The molecule has 162 valence electrons. The number of benzene rings is 2. The molecule has 2 amide bonds. The van der Waals surface area contributed by atoms with E-state index >= 15 is 0 Å². The first kappa shape index (κ1) is 22.7. The third kappa shape index (κ3) is 5.39. The summed E-state index contributed by atoms with van der Waals surface area (Å²) in [6.45, 7) is 3.64. The van der Waals surface area contributed by atoms with Crippen LogP contribution in [-0.4, -0.2) is 39.8 Å². The third-order valence-corrected chi connectivity index (χ3v) is 5.65. The summed E-state index contributed by atoms with van der Waals surface area (Å²) in [6.07, 6.45) is 0.538. The lowest BCUT2D eigenvalue weighted by molar-refractivity contribution is -0.144. The number of halogens is 1. The van der Waals surface area contributed by atoms with E-state index in [-0.39, 0.29) is 22.4 Å². The predicted octanol–water partition coefficient (Wildman–Crippen LogP) is 4.83. The fourth-order valence-electron chi connectivity index (χ4n) is 2.81. The minimum atomic E-state index is -1.10. The van der Waals surface area contributed by atoms with Gasteiger partial charge < -0.3 is 14.6 Å². The maximum absolute atomic E-state index is 12.8. The van der Waals surface area contributed by atoms with Crippen molar-refractivity contribution < 1.29 is 29.0 Å². The van der Waals surface area contributed by atoms with Crippen molar-refractivity contribution in [2.24, 2.45) is 0 Å². The molecule has 0 spiro atoms. The maximum atomic E-state index is 12.8. The molecule has 0 saturated carbocycles. The van der Waals surface area contributed by atoms with Crippen LogP contribution in [0.5, 0.6) is 11.5 Å². The number of rotatable bonds is 8. The number of aliphatic carboxylic acids is 1. The molecule has 2 aromatic carbocycles. The Bertz CT molecular complexity index is 1050. The number of imide groups is 1. The van der Waals surface area contributed by atoms with Crippen LogP contribution in [0.4, 0.5) is 4.79 Å². The lowest BCUT2D eigenvalue weighted by Crippen LogP contribution is -2.27. The van der Waals surface area contributed by atoms with Gasteiger partial charge in [-0.1, -0.05) is 35.9 Å². The number of carbonyl (C=O) groups is 3. The average Bonchev–Trinajstić information content (AvgIpc) is 2.99. The molecule has 3 rings (SSSR count). The number of hydrogen-bond acceptors (Lipinski definition) is 6. The highest BCUT2D eigenvalue weighted by molar-refractivity contribution is 8.18. The van der Waals surface area contributed by atoms with Crippen LogP contribution in [0.25, 0.3) is 6.08 Å². The zero-order valence-electron chi connectivity index (χ0n) is 16.8. The van der Waals surface area contributed by atoms with E-state index in [1.165, 1.54) is 6.92 Å². The van der Waals surface area contributed by atoms with Gasteiger partial charge in [0.05, 0.1) is 18.1 Å². The zero-order chi connectivity index (χ0) is 22.5. The minimum absolute atomic E-state index is 0.0890. The summed E-state index contributed by atoms with van der Waals surface area (Å²) in [6, 6.07) is 11.9. The van der Waals surface area contributed by atoms with E-state index < -0.39 is 18.0 Å². The topological polar surface area (TPSA) is 93.1 Å². The number of carbonyl (C=O) groups excluding carboxylic acids is 2. The summed E-state index contributed by atoms with van der Waals surface area (Å²) in [5.74, 6) is -0.883. The average molecular weight is 462 g/mol. The lowest BCUT2D eigenvalue weighted by atomic mass is 10.1. The number of carboxylic acid groups (broad SMARTS) is 1. The first-order chi connectivity index (χ1) is 14.8. The standard InChI is InChI=1S/C22H20ClNO6S/c1-3-29-18-10-14(8-9-17(18)30-13(2)21(26)27)11-19-20(25)24(22(28)31-19)12-15-6-4-5-7-16(15)23/h4-11,13H,3,12H2,1-2H3,(H,26,27)/b19-11+. The van der Waals surface area contributed by atoms with Crippen molar-refractivity contribution in [3.63, 3.8) is 0 Å². The molecule has 0 bridgehead atoms. The van der Waals surface area contributed by atoms with Gasteiger partial charge in [0.25, 0.3) is 11.1 Å². The molecule has 0 aliphatic carbocycles. The molecule has 0 radical (unpaired) electrons. The van der Waals surface area contributed by atoms with Gasteiger partial charge in [0.15, 0.2) is 17.6 Å². The Morgan fingerprint density at radius 2 is 1.97 bits per heavy atom. The van der Waals surface area contributed by atoms with E-state index in [4.69, 9.17) is 26.2 Å². The van der Waals surface area contributed by atoms with Crippen molar-refractivity contribution in [3.05, 3.63) is 63.5 Å². The van der Waals surface area contributed by atoms with Gasteiger partial charge in [0.2, 0.25) is 0 Å². The molecule has 7 nitrogen and oxygen atoms in total. The van der Waals surface area contributed by atoms with Crippen molar-refractivity contribution in [1.82, 2.24) is 4.90 Å². The molecular formula is C22H20ClNO6S. The summed E-state index contributed by atoms with van der Waals surface area (Å²) in [5.41, 5.74) is 1.29. The molecule has 1 N–H and O–H groups in total. The molecule has 1 aliphatic heterocycles. The van der Waals surface area contributed by atoms with Crippen molar-refractivity contribution in [2.45, 2.75) is 26.5 Å². The number of carboxylic acids is 1. The van der Waals surface area contributed by atoms with Crippen LogP contribution in [0.15, 0.2) is 47.4 Å². The van der Waals surface area contributed by atoms with E-state index in [2.05, 4.69) is 0 Å². The molecule has 1 heterocycles. The van der Waals surface area contributed by atoms with Crippen LogP contribution in [0.3, 0.4) is 0 Å². The highest BCUT2D eigenvalue weighted by atomic mass is 35.5. The summed E-state index contributed by atoms with van der Waals surface area (Å²) in [5, 5.41) is 9.16. The van der Waals surface area contributed by atoms with Crippen molar-refractivity contribution in [2.75, 3.05) is 6.61 Å². The smallest absolute Gasteiger partial charge is 0.344 e. The highest BCUT2D eigenvalue weighted by Crippen LogP contribution is 2.36. The minimum Gasteiger partial charge on any atom is -0.490 e. The van der Waals surface area contributed by atoms with E-state index in [0.717, 1.165) is 16.7 Å². The van der Waals surface area contributed by atoms with Crippen LogP contribution < -0.4 is 9.47 Å². The van der Waals surface area contributed by atoms with Gasteiger partial charge in [-0.05, 0) is 61.0 Å². The van der Waals surface area contributed by atoms with E-state index in [0.29, 0.717) is 28.5 Å². The predicted molar refractivity (Wildman–Crippen MR) is 118 cm³/mol. The number of thioether (sulfide) groups is 1. The number of ether oxygens (including phenoxy) is 2. The molecule has 9 heteroatoms. The van der Waals surface area contributed by atoms with Crippen molar-refractivity contribution in [3.8, 4) is 11.5 Å². The van der Waals surface area contributed by atoms with Crippen LogP contribution >= 0.6 is 23.4 Å². The fourth-order valence-corrected chi connectivity index (χ4v) is 3.84.